The number of ether oxygens (including phenoxy) is 2. The SMILES string of the molecule is CCCC(CS)(CCC)COCCOc1ccccc1. The molecule has 0 aliphatic heterocycles. The molecule has 0 amide bonds. The van der Waals surface area contributed by atoms with Crippen molar-refractivity contribution in [2.45, 2.75) is 39.5 Å². The lowest BCUT2D eigenvalue weighted by Crippen LogP contribution is -2.30. The molecule has 0 atom stereocenters. The van der Waals surface area contributed by atoms with Crippen molar-refractivity contribution in [3.63, 3.8) is 0 Å². The Bertz CT molecular complexity index is 334. The van der Waals surface area contributed by atoms with Gasteiger partial charge in [0.15, 0.2) is 0 Å². The number of thiol groups is 1. The van der Waals surface area contributed by atoms with E-state index < -0.39 is 0 Å². The molecule has 3 heteroatoms. The van der Waals surface area contributed by atoms with Crippen LogP contribution in [0.1, 0.15) is 39.5 Å². The third-order valence-corrected chi connectivity index (χ3v) is 4.21. The van der Waals surface area contributed by atoms with E-state index in [1.807, 2.05) is 30.3 Å². The molecular weight excluding hydrogens is 268 g/mol. The Hall–Kier alpha value is -0.670. The van der Waals surface area contributed by atoms with Crippen molar-refractivity contribution < 1.29 is 9.47 Å². The van der Waals surface area contributed by atoms with Gasteiger partial charge >= 0.3 is 0 Å². The number of hydrogen-bond donors (Lipinski definition) is 1. The second kappa shape index (κ2) is 10.1. The smallest absolute Gasteiger partial charge is 0.119 e. The van der Waals surface area contributed by atoms with Crippen LogP contribution < -0.4 is 4.74 Å². The minimum atomic E-state index is 0.235. The van der Waals surface area contributed by atoms with E-state index in [4.69, 9.17) is 9.47 Å². The second-order valence-corrected chi connectivity index (χ2v) is 5.69. The van der Waals surface area contributed by atoms with Crippen molar-refractivity contribution in [2.75, 3.05) is 25.6 Å². The van der Waals surface area contributed by atoms with Crippen molar-refractivity contribution in [3.8, 4) is 5.75 Å². The minimum absolute atomic E-state index is 0.235. The Kier molecular flexibility index (Phi) is 8.79. The highest BCUT2D eigenvalue weighted by Gasteiger charge is 2.26. The zero-order chi connectivity index (χ0) is 14.7. The fourth-order valence-corrected chi connectivity index (χ4v) is 2.97. The largest absolute Gasteiger partial charge is 0.491 e. The van der Waals surface area contributed by atoms with Crippen LogP contribution >= 0.6 is 12.6 Å². The quantitative estimate of drug-likeness (QED) is 0.475. The predicted octanol–water partition coefficient (Wildman–Crippen LogP) is 4.60. The van der Waals surface area contributed by atoms with Crippen LogP contribution in [-0.2, 0) is 4.74 Å². The maximum atomic E-state index is 5.84. The molecule has 0 aliphatic carbocycles. The summed E-state index contributed by atoms with van der Waals surface area (Å²) in [6, 6.07) is 9.87. The number of hydrogen-bond acceptors (Lipinski definition) is 3. The highest BCUT2D eigenvalue weighted by atomic mass is 32.1. The summed E-state index contributed by atoms with van der Waals surface area (Å²) in [7, 11) is 0. The zero-order valence-electron chi connectivity index (χ0n) is 12.8. The predicted molar refractivity (Wildman–Crippen MR) is 88.9 cm³/mol. The van der Waals surface area contributed by atoms with Crippen molar-refractivity contribution in [2.24, 2.45) is 5.41 Å². The van der Waals surface area contributed by atoms with Gasteiger partial charge in [-0.3, -0.25) is 0 Å². The summed E-state index contributed by atoms with van der Waals surface area (Å²) in [6.07, 6.45) is 4.74. The van der Waals surface area contributed by atoms with E-state index in [9.17, 15) is 0 Å². The average molecular weight is 296 g/mol. The fourth-order valence-electron chi connectivity index (χ4n) is 2.56. The lowest BCUT2D eigenvalue weighted by atomic mass is 9.82. The molecule has 0 aliphatic rings. The first kappa shape index (κ1) is 17.4. The molecule has 2 nitrogen and oxygen atoms in total. The molecule has 0 fully saturated rings. The molecule has 0 bridgehead atoms. The van der Waals surface area contributed by atoms with E-state index >= 15 is 0 Å². The molecule has 0 N–H and O–H groups in total. The summed E-state index contributed by atoms with van der Waals surface area (Å²) < 4.78 is 11.5. The van der Waals surface area contributed by atoms with Gasteiger partial charge in [0.05, 0.1) is 13.2 Å². The van der Waals surface area contributed by atoms with Gasteiger partial charge in [0, 0.05) is 5.41 Å². The minimum Gasteiger partial charge on any atom is -0.491 e. The maximum Gasteiger partial charge on any atom is 0.119 e. The Morgan fingerprint density at radius 3 is 2.20 bits per heavy atom. The van der Waals surface area contributed by atoms with E-state index in [0.717, 1.165) is 18.1 Å². The summed E-state index contributed by atoms with van der Waals surface area (Å²) in [5.74, 6) is 1.80. The number of benzene rings is 1. The van der Waals surface area contributed by atoms with Crippen LogP contribution in [0.4, 0.5) is 0 Å². The molecule has 0 spiro atoms. The van der Waals surface area contributed by atoms with Crippen molar-refractivity contribution >= 4 is 12.6 Å². The molecule has 114 valence electrons. The highest BCUT2D eigenvalue weighted by Crippen LogP contribution is 2.31. The van der Waals surface area contributed by atoms with E-state index in [1.54, 1.807) is 0 Å². The van der Waals surface area contributed by atoms with Crippen LogP contribution in [-0.4, -0.2) is 25.6 Å². The first-order valence-corrected chi connectivity index (χ1v) is 8.26. The average Bonchev–Trinajstić information content (AvgIpc) is 2.48. The summed E-state index contributed by atoms with van der Waals surface area (Å²) >= 11 is 4.54. The first-order valence-electron chi connectivity index (χ1n) is 7.63. The third-order valence-electron chi connectivity index (χ3n) is 3.54. The van der Waals surface area contributed by atoms with Crippen molar-refractivity contribution in [1.82, 2.24) is 0 Å². The molecule has 0 radical (unpaired) electrons. The zero-order valence-corrected chi connectivity index (χ0v) is 13.7. The van der Waals surface area contributed by atoms with Gasteiger partial charge in [-0.25, -0.2) is 0 Å². The lowest BCUT2D eigenvalue weighted by molar-refractivity contribution is 0.0300. The summed E-state index contributed by atoms with van der Waals surface area (Å²) in [5, 5.41) is 0. The lowest BCUT2D eigenvalue weighted by Gasteiger charge is -2.31. The topological polar surface area (TPSA) is 18.5 Å². The number of para-hydroxylation sites is 1. The van der Waals surface area contributed by atoms with Gasteiger partial charge in [0.1, 0.15) is 12.4 Å². The van der Waals surface area contributed by atoms with Gasteiger partial charge in [-0.1, -0.05) is 44.9 Å². The van der Waals surface area contributed by atoms with Crippen LogP contribution in [0.15, 0.2) is 30.3 Å². The van der Waals surface area contributed by atoms with Gasteiger partial charge in [-0.15, -0.1) is 0 Å². The molecule has 0 heterocycles. The molecule has 0 unspecified atom stereocenters. The van der Waals surface area contributed by atoms with Crippen LogP contribution in [0.25, 0.3) is 0 Å². The van der Waals surface area contributed by atoms with Gasteiger partial charge < -0.3 is 9.47 Å². The second-order valence-electron chi connectivity index (χ2n) is 5.37. The molecular formula is C17H28O2S. The molecule has 0 saturated heterocycles. The maximum absolute atomic E-state index is 5.84. The summed E-state index contributed by atoms with van der Waals surface area (Å²) in [4.78, 5) is 0. The molecule has 20 heavy (non-hydrogen) atoms. The Labute approximate surface area is 129 Å². The van der Waals surface area contributed by atoms with Crippen molar-refractivity contribution in [1.29, 1.82) is 0 Å². The van der Waals surface area contributed by atoms with Crippen LogP contribution in [0.3, 0.4) is 0 Å². The molecule has 1 aromatic rings. The standard InChI is InChI=1S/C17H28O2S/c1-3-10-17(15-20,11-4-2)14-18-12-13-19-16-8-6-5-7-9-16/h5-9,20H,3-4,10-15H2,1-2H3. The normalized spacial score (nSPS) is 11.6. The van der Waals surface area contributed by atoms with Gasteiger partial charge in [0.25, 0.3) is 0 Å². The van der Waals surface area contributed by atoms with E-state index in [-0.39, 0.29) is 5.41 Å². The van der Waals surface area contributed by atoms with E-state index in [1.165, 1.54) is 25.7 Å². The molecule has 1 rings (SSSR count). The van der Waals surface area contributed by atoms with Crippen LogP contribution in [0, 0.1) is 5.41 Å². The third kappa shape index (κ3) is 6.19. The van der Waals surface area contributed by atoms with Gasteiger partial charge in [-0.05, 0) is 30.7 Å². The Morgan fingerprint density at radius 1 is 1.00 bits per heavy atom. The molecule has 1 aromatic carbocycles. The van der Waals surface area contributed by atoms with Crippen LogP contribution in [0.5, 0.6) is 5.75 Å². The summed E-state index contributed by atoms with van der Waals surface area (Å²) in [6.45, 7) is 6.48. The van der Waals surface area contributed by atoms with E-state index in [0.29, 0.717) is 13.2 Å². The van der Waals surface area contributed by atoms with E-state index in [2.05, 4.69) is 26.5 Å². The van der Waals surface area contributed by atoms with Crippen molar-refractivity contribution in [3.05, 3.63) is 30.3 Å². The summed E-state index contributed by atoms with van der Waals surface area (Å²) in [5.41, 5.74) is 0.235. The first-order chi connectivity index (χ1) is 9.76. The molecule has 0 saturated carbocycles. The Morgan fingerprint density at radius 2 is 1.65 bits per heavy atom. The fraction of sp³-hybridized carbons (Fsp3) is 0.647. The highest BCUT2D eigenvalue weighted by molar-refractivity contribution is 7.80. The Balaban J connectivity index is 2.26. The number of rotatable bonds is 11. The van der Waals surface area contributed by atoms with Gasteiger partial charge in [-0.2, -0.15) is 12.6 Å². The monoisotopic (exact) mass is 296 g/mol. The van der Waals surface area contributed by atoms with Gasteiger partial charge in [0.2, 0.25) is 0 Å². The van der Waals surface area contributed by atoms with Crippen LogP contribution in [0.2, 0.25) is 0 Å². The molecule has 0 aromatic heterocycles.